The molecule has 1 saturated heterocycles. The average Bonchev–Trinajstić information content (AvgIpc) is 3.05. The van der Waals surface area contributed by atoms with Crippen molar-refractivity contribution in [3.63, 3.8) is 0 Å². The highest BCUT2D eigenvalue weighted by Crippen LogP contribution is 2.21. The minimum Gasteiger partial charge on any atom is -0.339 e. The molecule has 24 heavy (non-hydrogen) atoms. The normalized spacial score (nSPS) is 17.8. The van der Waals surface area contributed by atoms with Crippen LogP contribution in [0.1, 0.15) is 35.9 Å². The number of carbonyl (C=O) groups excluding carboxylic acids is 2. The van der Waals surface area contributed by atoms with Gasteiger partial charge in [-0.1, -0.05) is 0 Å². The minimum atomic E-state index is -0.561. The average molecular weight is 328 g/mol. The van der Waals surface area contributed by atoms with Gasteiger partial charge in [0.05, 0.1) is 11.9 Å². The van der Waals surface area contributed by atoms with Crippen molar-refractivity contribution >= 4 is 17.6 Å². The third kappa shape index (κ3) is 3.12. The highest BCUT2D eigenvalue weighted by atomic mass is 16.2. The molecule has 3 rings (SSSR count). The molecule has 0 aromatic carbocycles. The Labute approximate surface area is 139 Å². The number of nitrogens with zero attached hydrogens (tertiary/aromatic N) is 5. The summed E-state index contributed by atoms with van der Waals surface area (Å²) in [6.07, 6.45) is 3.10. The van der Waals surface area contributed by atoms with Crippen molar-refractivity contribution < 1.29 is 9.59 Å². The zero-order chi connectivity index (χ0) is 17.1. The van der Waals surface area contributed by atoms with Gasteiger partial charge in [0.15, 0.2) is 5.69 Å². The van der Waals surface area contributed by atoms with Crippen molar-refractivity contribution in [3.05, 3.63) is 35.8 Å². The van der Waals surface area contributed by atoms with E-state index in [9.17, 15) is 9.59 Å². The number of carbonyl (C=O) groups is 2. The van der Waals surface area contributed by atoms with Crippen molar-refractivity contribution in [2.24, 2.45) is 0 Å². The summed E-state index contributed by atoms with van der Waals surface area (Å²) in [5, 5.41) is 14.7. The second kappa shape index (κ2) is 6.77. The predicted molar refractivity (Wildman–Crippen MR) is 87.5 cm³/mol. The minimum absolute atomic E-state index is 0.120. The molecular weight excluding hydrogens is 308 g/mol. The van der Waals surface area contributed by atoms with E-state index < -0.39 is 6.04 Å². The van der Waals surface area contributed by atoms with Crippen LogP contribution in [0.15, 0.2) is 24.4 Å². The molecule has 1 N–H and O–H groups in total. The summed E-state index contributed by atoms with van der Waals surface area (Å²) < 4.78 is 1.77. The van der Waals surface area contributed by atoms with Gasteiger partial charge in [-0.05, 0) is 38.8 Å². The first-order valence-corrected chi connectivity index (χ1v) is 8.04. The molecule has 0 aliphatic carbocycles. The molecule has 8 nitrogen and oxygen atoms in total. The summed E-state index contributed by atoms with van der Waals surface area (Å²) >= 11 is 0. The van der Waals surface area contributed by atoms with Crippen LogP contribution in [0.25, 0.3) is 0 Å². The maximum Gasteiger partial charge on any atom is 0.272 e. The van der Waals surface area contributed by atoms with Gasteiger partial charge in [-0.25, -0.2) is 4.68 Å². The lowest BCUT2D eigenvalue weighted by atomic mass is 10.0. The Hall–Kier alpha value is -2.77. The fourth-order valence-electron chi connectivity index (χ4n) is 2.79. The molecule has 2 amide bonds. The van der Waals surface area contributed by atoms with E-state index in [-0.39, 0.29) is 17.5 Å². The van der Waals surface area contributed by atoms with Crippen molar-refractivity contribution in [2.75, 3.05) is 11.4 Å². The lowest BCUT2D eigenvalue weighted by Crippen LogP contribution is -2.53. The maximum atomic E-state index is 12.7. The number of hydrogen-bond donors (Lipinski definition) is 1. The Morgan fingerprint density at radius 1 is 1.33 bits per heavy atom. The standard InChI is InChI=1S/C16H20N6O2/c1-3-22-14(8-9-17-22)21-10-4-5-13(16(21)24)18-15(23)12-7-6-11(2)19-20-12/h6-9,13H,3-5,10H2,1-2H3,(H,18,23). The number of amides is 2. The van der Waals surface area contributed by atoms with E-state index in [1.54, 1.807) is 34.8 Å². The molecule has 3 heterocycles. The number of rotatable bonds is 4. The molecule has 1 unspecified atom stereocenters. The molecule has 0 radical (unpaired) electrons. The van der Waals surface area contributed by atoms with E-state index in [1.165, 1.54) is 0 Å². The highest BCUT2D eigenvalue weighted by molar-refractivity contribution is 6.01. The van der Waals surface area contributed by atoms with Crippen molar-refractivity contribution in [3.8, 4) is 0 Å². The maximum absolute atomic E-state index is 12.7. The van der Waals surface area contributed by atoms with Crippen molar-refractivity contribution in [2.45, 2.75) is 39.3 Å². The predicted octanol–water partition coefficient (Wildman–Crippen LogP) is 0.927. The van der Waals surface area contributed by atoms with Crippen LogP contribution < -0.4 is 10.2 Å². The molecular formula is C16H20N6O2. The van der Waals surface area contributed by atoms with Crippen LogP contribution in [0.3, 0.4) is 0 Å². The summed E-state index contributed by atoms with van der Waals surface area (Å²) in [6, 6.07) is 4.58. The first-order valence-electron chi connectivity index (χ1n) is 8.04. The van der Waals surface area contributed by atoms with Crippen LogP contribution in [0.5, 0.6) is 0 Å². The second-order valence-corrected chi connectivity index (χ2v) is 5.72. The molecule has 1 fully saturated rings. The smallest absolute Gasteiger partial charge is 0.272 e. The number of aryl methyl sites for hydroxylation is 2. The molecule has 2 aromatic heterocycles. The summed E-state index contributed by atoms with van der Waals surface area (Å²) in [4.78, 5) is 26.7. The number of anilines is 1. The summed E-state index contributed by atoms with van der Waals surface area (Å²) in [6.45, 7) is 5.08. The Kier molecular flexibility index (Phi) is 4.54. The Balaban J connectivity index is 1.73. The molecule has 1 aliphatic heterocycles. The van der Waals surface area contributed by atoms with Gasteiger partial charge in [0.25, 0.3) is 11.8 Å². The van der Waals surface area contributed by atoms with E-state index in [4.69, 9.17) is 0 Å². The Morgan fingerprint density at radius 3 is 2.88 bits per heavy atom. The summed E-state index contributed by atoms with van der Waals surface area (Å²) in [7, 11) is 0. The van der Waals surface area contributed by atoms with Crippen LogP contribution in [0, 0.1) is 6.92 Å². The van der Waals surface area contributed by atoms with E-state index in [1.807, 2.05) is 13.0 Å². The quantitative estimate of drug-likeness (QED) is 0.901. The summed E-state index contributed by atoms with van der Waals surface area (Å²) in [5.41, 5.74) is 0.948. The molecule has 0 bridgehead atoms. The number of nitrogens with one attached hydrogen (secondary N) is 1. The van der Waals surface area contributed by atoms with E-state index in [0.29, 0.717) is 19.5 Å². The molecule has 0 saturated carbocycles. The van der Waals surface area contributed by atoms with Crippen LogP contribution in [0.2, 0.25) is 0 Å². The third-order valence-electron chi connectivity index (χ3n) is 4.04. The SMILES string of the molecule is CCn1nccc1N1CCCC(NC(=O)c2ccc(C)nn2)C1=O. The fourth-order valence-corrected chi connectivity index (χ4v) is 2.79. The fraction of sp³-hybridized carbons (Fsp3) is 0.438. The second-order valence-electron chi connectivity index (χ2n) is 5.72. The zero-order valence-corrected chi connectivity index (χ0v) is 13.8. The Bertz CT molecular complexity index is 739. The van der Waals surface area contributed by atoms with Gasteiger partial charge in [-0.2, -0.15) is 10.2 Å². The Morgan fingerprint density at radius 2 is 2.17 bits per heavy atom. The molecule has 1 atom stereocenters. The van der Waals surface area contributed by atoms with Crippen molar-refractivity contribution in [1.29, 1.82) is 0 Å². The number of aromatic nitrogens is 4. The lowest BCUT2D eigenvalue weighted by Gasteiger charge is -2.32. The van der Waals surface area contributed by atoms with Gasteiger partial charge in [0, 0.05) is 19.2 Å². The van der Waals surface area contributed by atoms with Gasteiger partial charge < -0.3 is 5.32 Å². The van der Waals surface area contributed by atoms with Crippen LogP contribution in [-0.4, -0.2) is 44.4 Å². The first-order chi connectivity index (χ1) is 11.6. The van der Waals surface area contributed by atoms with Crippen LogP contribution in [-0.2, 0) is 11.3 Å². The third-order valence-corrected chi connectivity index (χ3v) is 4.04. The monoisotopic (exact) mass is 328 g/mol. The van der Waals surface area contributed by atoms with Gasteiger partial charge in [0.1, 0.15) is 11.9 Å². The number of piperidine rings is 1. The molecule has 1 aliphatic rings. The van der Waals surface area contributed by atoms with E-state index in [2.05, 4.69) is 20.6 Å². The molecule has 8 heteroatoms. The van der Waals surface area contributed by atoms with E-state index in [0.717, 1.165) is 17.9 Å². The van der Waals surface area contributed by atoms with Gasteiger partial charge >= 0.3 is 0 Å². The molecule has 2 aromatic rings. The van der Waals surface area contributed by atoms with Gasteiger partial charge in [0.2, 0.25) is 0 Å². The first kappa shape index (κ1) is 16.1. The van der Waals surface area contributed by atoms with Crippen LogP contribution >= 0.6 is 0 Å². The van der Waals surface area contributed by atoms with E-state index >= 15 is 0 Å². The van der Waals surface area contributed by atoms with Crippen LogP contribution in [0.4, 0.5) is 5.82 Å². The van der Waals surface area contributed by atoms with Crippen molar-refractivity contribution in [1.82, 2.24) is 25.3 Å². The number of hydrogen-bond acceptors (Lipinski definition) is 5. The zero-order valence-electron chi connectivity index (χ0n) is 13.8. The lowest BCUT2D eigenvalue weighted by molar-refractivity contribution is -0.121. The van der Waals surface area contributed by atoms with Gasteiger partial charge in [-0.15, -0.1) is 5.10 Å². The largest absolute Gasteiger partial charge is 0.339 e. The summed E-state index contributed by atoms with van der Waals surface area (Å²) in [5.74, 6) is 0.258. The van der Waals surface area contributed by atoms with Gasteiger partial charge in [-0.3, -0.25) is 14.5 Å². The highest BCUT2D eigenvalue weighted by Gasteiger charge is 2.32. The molecule has 0 spiro atoms. The topological polar surface area (TPSA) is 93.0 Å². The molecule has 126 valence electrons.